The van der Waals surface area contributed by atoms with Crippen LogP contribution < -0.4 is 10.1 Å². The molecule has 168 valence electrons. The van der Waals surface area contributed by atoms with Gasteiger partial charge in [0.15, 0.2) is 0 Å². The maximum absolute atomic E-state index is 13.0. The number of rotatable bonds is 7. The number of aromatic nitrogens is 2. The fraction of sp³-hybridized carbons (Fsp3) is 0.476. The molecule has 1 amide bonds. The summed E-state index contributed by atoms with van der Waals surface area (Å²) in [4.78, 5) is 21.7. The predicted molar refractivity (Wildman–Crippen MR) is 117 cm³/mol. The summed E-state index contributed by atoms with van der Waals surface area (Å²) in [5, 5.41) is 2.89. The lowest BCUT2D eigenvalue weighted by molar-refractivity contribution is 0.0946. The summed E-state index contributed by atoms with van der Waals surface area (Å²) in [5.41, 5.74) is 1.66. The van der Waals surface area contributed by atoms with E-state index in [2.05, 4.69) is 15.3 Å². The highest BCUT2D eigenvalue weighted by Gasteiger charge is 2.37. The van der Waals surface area contributed by atoms with E-state index in [1.54, 1.807) is 14.0 Å². The van der Waals surface area contributed by atoms with Gasteiger partial charge in [-0.1, -0.05) is 18.6 Å². The molecule has 1 N–H and O–H groups in total. The predicted octanol–water partition coefficient (Wildman–Crippen LogP) is 2.06. The number of benzene rings is 1. The Kier molecular flexibility index (Phi) is 7.24. The lowest BCUT2D eigenvalue weighted by Crippen LogP contribution is -2.45. The number of nitrogens with one attached hydrogen (secondary N) is 1. The van der Waals surface area contributed by atoms with Gasteiger partial charge in [0.1, 0.15) is 11.6 Å². The molecule has 1 aromatic heterocycles. The molecule has 2 aromatic rings. The van der Waals surface area contributed by atoms with Crippen LogP contribution in [0.25, 0.3) is 0 Å². The van der Waals surface area contributed by atoms with Crippen molar-refractivity contribution >= 4 is 16.1 Å². The van der Waals surface area contributed by atoms with Gasteiger partial charge in [-0.05, 0) is 37.5 Å². The largest absolute Gasteiger partial charge is 0.497 e. The van der Waals surface area contributed by atoms with E-state index < -0.39 is 16.3 Å². The van der Waals surface area contributed by atoms with Crippen LogP contribution in [0.1, 0.15) is 52.7 Å². The zero-order valence-electron chi connectivity index (χ0n) is 18.3. The summed E-state index contributed by atoms with van der Waals surface area (Å²) in [6, 6.07) is 6.89. The van der Waals surface area contributed by atoms with Crippen LogP contribution >= 0.6 is 0 Å². The molecule has 0 spiro atoms. The Morgan fingerprint density at radius 1 is 1.26 bits per heavy atom. The Morgan fingerprint density at radius 3 is 2.61 bits per heavy atom. The molecule has 1 unspecified atom stereocenters. The van der Waals surface area contributed by atoms with E-state index in [-0.39, 0.29) is 5.91 Å². The fourth-order valence-corrected chi connectivity index (χ4v) is 4.91. The summed E-state index contributed by atoms with van der Waals surface area (Å²) in [6.07, 6.45) is 3.71. The average Bonchev–Trinajstić information content (AvgIpc) is 2.77. The first-order valence-electron chi connectivity index (χ1n) is 10.2. The number of hydrogen-bond acceptors (Lipinski definition) is 6. The van der Waals surface area contributed by atoms with E-state index in [0.717, 1.165) is 24.2 Å². The summed E-state index contributed by atoms with van der Waals surface area (Å²) in [7, 11) is 0.963. The van der Waals surface area contributed by atoms with Crippen LogP contribution in [0.2, 0.25) is 0 Å². The van der Waals surface area contributed by atoms with Crippen molar-refractivity contribution in [2.45, 2.75) is 38.8 Å². The molecule has 1 atom stereocenters. The van der Waals surface area contributed by atoms with Gasteiger partial charge >= 0.3 is 0 Å². The van der Waals surface area contributed by atoms with Crippen molar-refractivity contribution in [1.82, 2.24) is 23.9 Å². The Hall–Kier alpha value is -2.56. The van der Waals surface area contributed by atoms with Crippen LogP contribution in [-0.4, -0.2) is 60.7 Å². The highest BCUT2D eigenvalue weighted by Crippen LogP contribution is 2.34. The molecule has 0 saturated carbocycles. The molecule has 31 heavy (non-hydrogen) atoms. The number of ether oxygens (including phenoxy) is 1. The lowest BCUT2D eigenvalue weighted by atomic mass is 9.98. The third-order valence-corrected chi connectivity index (χ3v) is 7.28. The molecule has 1 aliphatic rings. The fourth-order valence-electron chi connectivity index (χ4n) is 3.60. The quantitative estimate of drug-likeness (QED) is 0.697. The highest BCUT2D eigenvalue weighted by molar-refractivity contribution is 7.86. The first-order chi connectivity index (χ1) is 14.7. The third-order valence-electron chi connectivity index (χ3n) is 5.32. The van der Waals surface area contributed by atoms with Crippen molar-refractivity contribution in [3.63, 3.8) is 0 Å². The van der Waals surface area contributed by atoms with Gasteiger partial charge in [0.2, 0.25) is 0 Å². The Balaban J connectivity index is 1.87. The van der Waals surface area contributed by atoms with Gasteiger partial charge < -0.3 is 10.1 Å². The van der Waals surface area contributed by atoms with Crippen LogP contribution in [0.4, 0.5) is 0 Å². The number of hydrogen-bond donors (Lipinski definition) is 1. The van der Waals surface area contributed by atoms with E-state index >= 15 is 0 Å². The number of methoxy groups -OCH3 is 1. The summed E-state index contributed by atoms with van der Waals surface area (Å²) in [5.74, 6) is 0.900. The smallest absolute Gasteiger partial charge is 0.282 e. The van der Waals surface area contributed by atoms with Crippen molar-refractivity contribution in [3.8, 4) is 5.75 Å². The van der Waals surface area contributed by atoms with Crippen LogP contribution in [-0.2, 0) is 16.8 Å². The first-order valence-corrected chi connectivity index (χ1v) is 11.6. The second-order valence-corrected chi connectivity index (χ2v) is 9.75. The van der Waals surface area contributed by atoms with E-state index in [1.807, 2.05) is 24.3 Å². The maximum atomic E-state index is 13.0. The van der Waals surface area contributed by atoms with Crippen LogP contribution in [0.3, 0.4) is 0 Å². The van der Waals surface area contributed by atoms with E-state index in [0.29, 0.717) is 36.6 Å². The normalized spacial score (nSPS) is 17.5. The number of carbonyl (C=O) groups is 1. The summed E-state index contributed by atoms with van der Waals surface area (Å²) >= 11 is 0. The summed E-state index contributed by atoms with van der Waals surface area (Å²) < 4.78 is 33.6. The Morgan fingerprint density at radius 2 is 1.97 bits per heavy atom. The van der Waals surface area contributed by atoms with Gasteiger partial charge in [0.25, 0.3) is 16.1 Å². The molecule has 0 aliphatic carbocycles. The van der Waals surface area contributed by atoms with Crippen LogP contribution in [0, 0.1) is 6.92 Å². The molecule has 1 aromatic carbocycles. The second kappa shape index (κ2) is 9.71. The molecule has 1 saturated heterocycles. The van der Waals surface area contributed by atoms with E-state index in [9.17, 15) is 13.2 Å². The Bertz CT molecular complexity index is 1020. The minimum Gasteiger partial charge on any atom is -0.497 e. The molecule has 2 heterocycles. The number of aryl methyl sites for hydroxylation is 1. The van der Waals surface area contributed by atoms with Crippen molar-refractivity contribution in [3.05, 3.63) is 53.1 Å². The van der Waals surface area contributed by atoms with Gasteiger partial charge in [-0.2, -0.15) is 17.0 Å². The topological polar surface area (TPSA) is 105 Å². The molecule has 3 rings (SSSR count). The van der Waals surface area contributed by atoms with E-state index in [4.69, 9.17) is 4.74 Å². The molecule has 9 nitrogen and oxygen atoms in total. The number of carbonyl (C=O) groups excluding carboxylic acids is 1. The van der Waals surface area contributed by atoms with E-state index in [1.165, 1.54) is 28.9 Å². The van der Waals surface area contributed by atoms with Crippen LogP contribution in [0.5, 0.6) is 5.75 Å². The standard InChI is InChI=1S/C21H29N5O4S/c1-15-22-14-18(21(27)23-13-16-8-10-17(30-4)11-9-16)20(24-15)19-7-5-6-12-26(19)31(28,29)25(2)3/h8-11,14,19H,5-7,12-13H2,1-4H3,(H,23,27). The lowest BCUT2D eigenvalue weighted by Gasteiger charge is -2.36. The number of piperidine rings is 1. The minimum absolute atomic E-state index is 0.296. The van der Waals surface area contributed by atoms with Crippen molar-refractivity contribution in [1.29, 1.82) is 0 Å². The van der Waals surface area contributed by atoms with Crippen molar-refractivity contribution < 1.29 is 17.9 Å². The Labute approximate surface area is 183 Å². The van der Waals surface area contributed by atoms with Crippen molar-refractivity contribution in [2.75, 3.05) is 27.7 Å². The summed E-state index contributed by atoms with van der Waals surface area (Å²) in [6.45, 7) is 2.44. The van der Waals surface area contributed by atoms with Gasteiger partial charge in [-0.15, -0.1) is 0 Å². The molecule has 1 aliphatic heterocycles. The molecule has 0 bridgehead atoms. The SMILES string of the molecule is COc1ccc(CNC(=O)c2cnc(C)nc2C2CCCCN2S(=O)(=O)N(C)C)cc1. The minimum atomic E-state index is -3.65. The molecule has 0 radical (unpaired) electrons. The zero-order chi connectivity index (χ0) is 22.6. The third kappa shape index (κ3) is 5.20. The monoisotopic (exact) mass is 447 g/mol. The first kappa shape index (κ1) is 23.1. The molecule has 1 fully saturated rings. The molecule has 10 heteroatoms. The van der Waals surface area contributed by atoms with Crippen LogP contribution in [0.15, 0.2) is 30.5 Å². The number of nitrogens with zero attached hydrogens (tertiary/aromatic N) is 4. The molecular weight excluding hydrogens is 418 g/mol. The average molecular weight is 448 g/mol. The van der Waals surface area contributed by atoms with Crippen molar-refractivity contribution in [2.24, 2.45) is 0 Å². The maximum Gasteiger partial charge on any atom is 0.282 e. The highest BCUT2D eigenvalue weighted by atomic mass is 32.2. The van der Waals surface area contributed by atoms with Gasteiger partial charge in [0.05, 0.1) is 24.4 Å². The number of amides is 1. The molecular formula is C21H29N5O4S. The zero-order valence-corrected chi connectivity index (χ0v) is 19.1. The van der Waals surface area contributed by atoms with Gasteiger partial charge in [0, 0.05) is 33.4 Å². The van der Waals surface area contributed by atoms with Gasteiger partial charge in [-0.25, -0.2) is 9.97 Å². The van der Waals surface area contributed by atoms with Gasteiger partial charge in [-0.3, -0.25) is 4.79 Å². The second-order valence-electron chi connectivity index (χ2n) is 7.66.